The fourth-order valence-electron chi connectivity index (χ4n) is 1.41. The Hall–Kier alpha value is -1.81. The topological polar surface area (TPSA) is 51.3 Å². The zero-order chi connectivity index (χ0) is 11.4. The van der Waals surface area contributed by atoms with Crippen molar-refractivity contribution in [1.82, 2.24) is 4.98 Å². The van der Waals surface area contributed by atoms with Gasteiger partial charge < -0.3 is 4.98 Å². The van der Waals surface area contributed by atoms with Crippen molar-refractivity contribution in [3.8, 4) is 0 Å². The van der Waals surface area contributed by atoms with Crippen molar-refractivity contribution >= 4 is 16.9 Å². The first kappa shape index (κ1) is 10.7. The molecule has 1 aromatic heterocycles. The van der Waals surface area contributed by atoms with E-state index in [9.17, 15) is 4.79 Å². The highest BCUT2D eigenvalue weighted by molar-refractivity contribution is 5.94. The highest BCUT2D eigenvalue weighted by atomic mass is 17.2. The van der Waals surface area contributed by atoms with Crippen molar-refractivity contribution in [2.45, 2.75) is 13.3 Å². The van der Waals surface area contributed by atoms with Crippen molar-refractivity contribution in [1.29, 1.82) is 0 Å². The number of fused-ring (bicyclic) bond motifs is 1. The summed E-state index contributed by atoms with van der Waals surface area (Å²) in [5, 5.41) is 0.977. The molecule has 84 valence electrons. The maximum Gasteiger partial charge on any atom is 0.389 e. The first-order chi connectivity index (χ1) is 7.81. The summed E-state index contributed by atoms with van der Waals surface area (Å²) in [4.78, 5) is 23.8. The Balaban J connectivity index is 2.11. The number of hydrogen-bond acceptors (Lipinski definition) is 3. The van der Waals surface area contributed by atoms with E-state index in [4.69, 9.17) is 4.89 Å². The van der Waals surface area contributed by atoms with Gasteiger partial charge in [-0.1, -0.05) is 25.1 Å². The predicted molar refractivity (Wildman–Crippen MR) is 60.0 cm³/mol. The molecule has 4 nitrogen and oxygen atoms in total. The van der Waals surface area contributed by atoms with Crippen molar-refractivity contribution in [3.63, 3.8) is 0 Å². The molecule has 0 aliphatic heterocycles. The molecule has 0 unspecified atom stereocenters. The number of carbonyl (C=O) groups excluding carboxylic acids is 1. The highest BCUT2D eigenvalue weighted by Crippen LogP contribution is 2.15. The number of aromatic nitrogens is 1. The third-order valence-electron chi connectivity index (χ3n) is 2.17. The van der Waals surface area contributed by atoms with Gasteiger partial charge in [-0.25, -0.2) is 4.79 Å². The Morgan fingerprint density at radius 1 is 1.38 bits per heavy atom. The van der Waals surface area contributed by atoms with E-state index < -0.39 is 5.97 Å². The first-order valence-electron chi connectivity index (χ1n) is 5.23. The highest BCUT2D eigenvalue weighted by Gasteiger charge is 2.11. The number of hydrogen-bond donors (Lipinski definition) is 1. The summed E-state index contributed by atoms with van der Waals surface area (Å²) in [7, 11) is 0. The Morgan fingerprint density at radius 3 is 2.94 bits per heavy atom. The summed E-state index contributed by atoms with van der Waals surface area (Å²) in [5.41, 5.74) is 1.31. The van der Waals surface area contributed by atoms with Crippen LogP contribution < -0.4 is 0 Å². The van der Waals surface area contributed by atoms with Crippen LogP contribution in [0.25, 0.3) is 10.9 Å². The second kappa shape index (κ2) is 4.81. The van der Waals surface area contributed by atoms with Crippen LogP contribution in [0, 0.1) is 0 Å². The second-order valence-corrected chi connectivity index (χ2v) is 3.46. The van der Waals surface area contributed by atoms with Gasteiger partial charge in [0, 0.05) is 10.9 Å². The zero-order valence-corrected chi connectivity index (χ0v) is 9.03. The van der Waals surface area contributed by atoms with Crippen LogP contribution >= 0.6 is 0 Å². The van der Waals surface area contributed by atoms with Crippen LogP contribution in [0.15, 0.2) is 30.3 Å². The van der Waals surface area contributed by atoms with Crippen LogP contribution in [-0.4, -0.2) is 17.6 Å². The second-order valence-electron chi connectivity index (χ2n) is 3.46. The summed E-state index contributed by atoms with van der Waals surface area (Å²) in [6, 6.07) is 9.39. The Bertz CT molecular complexity index is 457. The van der Waals surface area contributed by atoms with Crippen LogP contribution in [0.2, 0.25) is 0 Å². The molecule has 0 aliphatic rings. The maximum atomic E-state index is 11.5. The lowest BCUT2D eigenvalue weighted by Crippen LogP contribution is -2.06. The van der Waals surface area contributed by atoms with Gasteiger partial charge in [0.25, 0.3) is 0 Å². The fourth-order valence-corrected chi connectivity index (χ4v) is 1.41. The lowest BCUT2D eigenvalue weighted by Gasteiger charge is -1.99. The summed E-state index contributed by atoms with van der Waals surface area (Å²) in [6.45, 7) is 2.35. The van der Waals surface area contributed by atoms with E-state index in [2.05, 4.69) is 9.87 Å². The van der Waals surface area contributed by atoms with Crippen LogP contribution in [0.3, 0.4) is 0 Å². The smallest absolute Gasteiger partial charge is 0.349 e. The van der Waals surface area contributed by atoms with E-state index in [1.54, 1.807) is 6.07 Å². The van der Waals surface area contributed by atoms with Crippen LogP contribution in [0.1, 0.15) is 23.8 Å². The molecular weight excluding hydrogens is 206 g/mol. The van der Waals surface area contributed by atoms with Gasteiger partial charge in [-0.15, -0.1) is 0 Å². The minimum absolute atomic E-state index is 0.400. The SMILES string of the molecule is CCCOOC(=O)c1cc2ccccc2[nH]1. The molecule has 0 saturated carbocycles. The molecule has 0 fully saturated rings. The first-order valence-corrected chi connectivity index (χ1v) is 5.23. The minimum Gasteiger partial charge on any atom is -0.349 e. The number of rotatable bonds is 4. The van der Waals surface area contributed by atoms with E-state index >= 15 is 0 Å². The zero-order valence-electron chi connectivity index (χ0n) is 9.03. The van der Waals surface area contributed by atoms with E-state index in [-0.39, 0.29) is 0 Å². The third kappa shape index (κ3) is 2.23. The average Bonchev–Trinajstić information content (AvgIpc) is 2.73. The molecule has 0 spiro atoms. The van der Waals surface area contributed by atoms with Crippen molar-refractivity contribution in [2.24, 2.45) is 0 Å². The lowest BCUT2D eigenvalue weighted by molar-refractivity contribution is -0.240. The maximum absolute atomic E-state index is 11.5. The molecule has 1 N–H and O–H groups in total. The standard InChI is InChI=1S/C12H13NO3/c1-2-7-15-16-12(14)11-8-9-5-3-4-6-10(9)13-11/h3-6,8,13H,2,7H2,1H3. The summed E-state index contributed by atoms with van der Waals surface area (Å²) in [5.74, 6) is -0.496. The lowest BCUT2D eigenvalue weighted by atomic mass is 10.2. The van der Waals surface area contributed by atoms with Gasteiger partial charge in [0.05, 0.1) is 6.61 Å². The van der Waals surface area contributed by atoms with Crippen molar-refractivity contribution in [2.75, 3.05) is 6.61 Å². The molecule has 1 heterocycles. The monoisotopic (exact) mass is 219 g/mol. The molecule has 0 amide bonds. The molecular formula is C12H13NO3. The number of aromatic amines is 1. The molecule has 0 aliphatic carbocycles. The van der Waals surface area contributed by atoms with E-state index in [0.717, 1.165) is 17.3 Å². The van der Waals surface area contributed by atoms with Crippen LogP contribution in [-0.2, 0) is 9.78 Å². The molecule has 0 saturated heterocycles. The van der Waals surface area contributed by atoms with Gasteiger partial charge in [0.2, 0.25) is 0 Å². The Labute approximate surface area is 93.1 Å². The fraction of sp³-hybridized carbons (Fsp3) is 0.250. The quantitative estimate of drug-likeness (QED) is 0.488. The number of para-hydroxylation sites is 1. The van der Waals surface area contributed by atoms with Crippen LogP contribution in [0.4, 0.5) is 0 Å². The summed E-state index contributed by atoms with van der Waals surface area (Å²) < 4.78 is 0. The van der Waals surface area contributed by atoms with Gasteiger partial charge in [0.15, 0.2) is 0 Å². The van der Waals surface area contributed by atoms with E-state index in [1.807, 2.05) is 31.2 Å². The number of benzene rings is 1. The number of nitrogens with one attached hydrogen (secondary N) is 1. The molecule has 2 rings (SSSR count). The van der Waals surface area contributed by atoms with Gasteiger partial charge in [0.1, 0.15) is 5.69 Å². The largest absolute Gasteiger partial charge is 0.389 e. The molecule has 2 aromatic rings. The predicted octanol–water partition coefficient (Wildman–Crippen LogP) is 2.67. The third-order valence-corrected chi connectivity index (χ3v) is 2.17. The van der Waals surface area contributed by atoms with Crippen LogP contribution in [0.5, 0.6) is 0 Å². The molecule has 0 bridgehead atoms. The Morgan fingerprint density at radius 2 is 2.19 bits per heavy atom. The van der Waals surface area contributed by atoms with Gasteiger partial charge >= 0.3 is 5.97 Å². The Kier molecular flexibility index (Phi) is 3.22. The molecule has 4 heteroatoms. The van der Waals surface area contributed by atoms with Crippen molar-refractivity contribution in [3.05, 3.63) is 36.0 Å². The normalized spacial score (nSPS) is 10.6. The summed E-state index contributed by atoms with van der Waals surface area (Å²) >= 11 is 0. The molecule has 0 atom stereocenters. The minimum atomic E-state index is -0.496. The molecule has 16 heavy (non-hydrogen) atoms. The molecule has 0 radical (unpaired) electrons. The van der Waals surface area contributed by atoms with E-state index in [1.165, 1.54) is 0 Å². The molecule has 1 aromatic carbocycles. The number of H-pyrrole nitrogens is 1. The summed E-state index contributed by atoms with van der Waals surface area (Å²) in [6.07, 6.45) is 0.806. The van der Waals surface area contributed by atoms with Crippen molar-refractivity contribution < 1.29 is 14.6 Å². The van der Waals surface area contributed by atoms with E-state index in [0.29, 0.717) is 12.3 Å². The van der Waals surface area contributed by atoms with Gasteiger partial charge in [-0.3, -0.25) is 4.89 Å². The number of carbonyl (C=O) groups is 1. The van der Waals surface area contributed by atoms with Gasteiger partial charge in [-0.2, -0.15) is 4.89 Å². The van der Waals surface area contributed by atoms with Gasteiger partial charge in [-0.05, 0) is 18.6 Å². The average molecular weight is 219 g/mol.